The molecule has 0 aliphatic carbocycles. The quantitative estimate of drug-likeness (QED) is 0.363. The van der Waals surface area contributed by atoms with E-state index in [4.69, 9.17) is 18.3 Å². The fourth-order valence-electron chi connectivity index (χ4n) is 3.38. The summed E-state index contributed by atoms with van der Waals surface area (Å²) in [5.41, 5.74) is 2.78. The molecule has 10 heteroatoms. The number of ether oxygens (including phenoxy) is 2. The zero-order valence-electron chi connectivity index (χ0n) is 20.3. The average Bonchev–Trinajstić information content (AvgIpc) is 2.79. The lowest BCUT2D eigenvalue weighted by Crippen LogP contribution is -2.13. The molecule has 2 heterocycles. The van der Waals surface area contributed by atoms with Crippen molar-refractivity contribution in [2.45, 2.75) is 27.7 Å². The maximum Gasteiger partial charge on any atom is 0.411 e. The van der Waals surface area contributed by atoms with Gasteiger partial charge in [-0.05, 0) is 63.1 Å². The van der Waals surface area contributed by atoms with Gasteiger partial charge in [0.05, 0.1) is 13.2 Å². The van der Waals surface area contributed by atoms with Crippen molar-refractivity contribution in [2.75, 3.05) is 23.8 Å². The van der Waals surface area contributed by atoms with Gasteiger partial charge in [0.2, 0.25) is 0 Å². The summed E-state index contributed by atoms with van der Waals surface area (Å²) in [6, 6.07) is 13.1. The number of aryl methyl sites for hydroxylation is 2. The molecule has 0 radical (unpaired) electrons. The molecular weight excluding hydrogens is 468 g/mol. The molecule has 188 valence electrons. The zero-order valence-corrected chi connectivity index (χ0v) is 20.3. The Morgan fingerprint density at radius 1 is 0.694 bits per heavy atom. The second kappa shape index (κ2) is 11.7. The first-order valence-corrected chi connectivity index (χ1v) is 11.2. The summed E-state index contributed by atoms with van der Waals surface area (Å²) in [7, 11) is 0. The van der Waals surface area contributed by atoms with Gasteiger partial charge in [-0.1, -0.05) is 0 Å². The normalized spacial score (nSPS) is 10.3. The Balaban J connectivity index is 0.000000201. The van der Waals surface area contributed by atoms with E-state index in [1.165, 1.54) is 12.1 Å². The molecule has 0 atom stereocenters. The van der Waals surface area contributed by atoms with Gasteiger partial charge in [-0.3, -0.25) is 10.6 Å². The lowest BCUT2D eigenvalue weighted by molar-refractivity contribution is 0.167. The Kier molecular flexibility index (Phi) is 8.45. The predicted octanol–water partition coefficient (Wildman–Crippen LogP) is 5.34. The molecule has 0 bridgehead atoms. The van der Waals surface area contributed by atoms with Crippen molar-refractivity contribution in [3.63, 3.8) is 0 Å². The van der Waals surface area contributed by atoms with Crippen molar-refractivity contribution in [3.8, 4) is 0 Å². The van der Waals surface area contributed by atoms with E-state index in [1.54, 1.807) is 50.2 Å². The molecule has 0 spiro atoms. The second-order valence-electron chi connectivity index (χ2n) is 7.61. The van der Waals surface area contributed by atoms with Crippen LogP contribution in [-0.4, -0.2) is 25.4 Å². The van der Waals surface area contributed by atoms with E-state index in [9.17, 15) is 19.2 Å². The van der Waals surface area contributed by atoms with Gasteiger partial charge in [-0.15, -0.1) is 0 Å². The Morgan fingerprint density at radius 2 is 1.08 bits per heavy atom. The van der Waals surface area contributed by atoms with E-state index in [0.29, 0.717) is 35.8 Å². The third-order valence-corrected chi connectivity index (χ3v) is 4.95. The fourth-order valence-corrected chi connectivity index (χ4v) is 3.38. The van der Waals surface area contributed by atoms with Crippen molar-refractivity contribution in [2.24, 2.45) is 0 Å². The van der Waals surface area contributed by atoms with Crippen LogP contribution in [-0.2, 0) is 9.47 Å². The maximum atomic E-state index is 11.3. The molecule has 0 unspecified atom stereocenters. The highest BCUT2D eigenvalue weighted by molar-refractivity contribution is 5.90. The van der Waals surface area contributed by atoms with Gasteiger partial charge >= 0.3 is 23.4 Å². The highest BCUT2D eigenvalue weighted by Crippen LogP contribution is 2.21. The van der Waals surface area contributed by atoms with Crippen LogP contribution in [0.15, 0.2) is 67.0 Å². The Hall–Kier alpha value is -4.60. The summed E-state index contributed by atoms with van der Waals surface area (Å²) in [6.07, 6.45) is -1.07. The van der Waals surface area contributed by atoms with Gasteiger partial charge in [0, 0.05) is 46.4 Å². The first kappa shape index (κ1) is 26.0. The number of carbonyl (C=O) groups is 2. The molecule has 0 aliphatic rings. The van der Waals surface area contributed by atoms with Crippen LogP contribution in [0.3, 0.4) is 0 Å². The monoisotopic (exact) mass is 494 g/mol. The van der Waals surface area contributed by atoms with Crippen molar-refractivity contribution in [3.05, 3.63) is 80.5 Å². The molecule has 2 aromatic carbocycles. The van der Waals surface area contributed by atoms with E-state index >= 15 is 0 Å². The molecular formula is C26H26N2O8. The molecule has 4 aromatic rings. The number of hydrogen-bond acceptors (Lipinski definition) is 8. The van der Waals surface area contributed by atoms with E-state index in [1.807, 2.05) is 13.8 Å². The van der Waals surface area contributed by atoms with Crippen molar-refractivity contribution in [1.29, 1.82) is 0 Å². The van der Waals surface area contributed by atoms with Crippen LogP contribution >= 0.6 is 0 Å². The minimum absolute atomic E-state index is 0.299. The van der Waals surface area contributed by atoms with Crippen molar-refractivity contribution < 1.29 is 27.9 Å². The minimum Gasteiger partial charge on any atom is -0.450 e. The number of anilines is 2. The second-order valence-corrected chi connectivity index (χ2v) is 7.61. The first-order chi connectivity index (χ1) is 17.2. The fraction of sp³-hybridized carbons (Fsp3) is 0.231. The Bertz CT molecular complexity index is 1410. The summed E-state index contributed by atoms with van der Waals surface area (Å²) < 4.78 is 19.7. The molecule has 36 heavy (non-hydrogen) atoms. The van der Waals surface area contributed by atoms with Crippen LogP contribution in [0.1, 0.15) is 25.0 Å². The van der Waals surface area contributed by atoms with Gasteiger partial charge < -0.3 is 18.3 Å². The van der Waals surface area contributed by atoms with Crippen molar-refractivity contribution in [1.82, 2.24) is 0 Å². The smallest absolute Gasteiger partial charge is 0.411 e. The van der Waals surface area contributed by atoms with Crippen LogP contribution in [0.5, 0.6) is 0 Å². The van der Waals surface area contributed by atoms with E-state index in [-0.39, 0.29) is 0 Å². The number of benzene rings is 2. The van der Waals surface area contributed by atoms with Gasteiger partial charge in [-0.2, -0.15) is 0 Å². The number of fused-ring (bicyclic) bond motifs is 2. The maximum absolute atomic E-state index is 11.3. The average molecular weight is 495 g/mol. The van der Waals surface area contributed by atoms with Crippen molar-refractivity contribution >= 4 is 45.5 Å². The number of nitrogens with one attached hydrogen (secondary N) is 2. The third-order valence-electron chi connectivity index (χ3n) is 4.95. The summed E-state index contributed by atoms with van der Waals surface area (Å²) in [5, 5.41) is 6.78. The third kappa shape index (κ3) is 6.72. The molecule has 2 N–H and O–H groups in total. The summed E-state index contributed by atoms with van der Waals surface area (Å²) in [4.78, 5) is 45.0. The minimum atomic E-state index is -0.535. The summed E-state index contributed by atoms with van der Waals surface area (Å²) in [5.74, 6) is 0. The van der Waals surface area contributed by atoms with Crippen LogP contribution in [0.25, 0.3) is 21.9 Å². The Labute approximate surface area is 205 Å². The SMILES string of the molecule is CCOC(=O)Nc1ccc2c(C)cc(=O)oc2c1.CCOC(=O)Nc1ccc2c(C)cc(=O)oc2c1. The topological polar surface area (TPSA) is 137 Å². The molecule has 2 aromatic heterocycles. The number of hydrogen-bond donors (Lipinski definition) is 2. The molecule has 0 fully saturated rings. The standard InChI is InChI=1S/2C13H13NO4/c2*1-3-17-13(16)14-9-4-5-10-8(2)6-12(15)18-11(10)7-9/h2*4-7H,3H2,1-2H3,(H,14,16). The first-order valence-electron chi connectivity index (χ1n) is 11.2. The lowest BCUT2D eigenvalue weighted by Gasteiger charge is -2.06. The van der Waals surface area contributed by atoms with E-state index in [2.05, 4.69) is 10.6 Å². The highest BCUT2D eigenvalue weighted by atomic mass is 16.6. The van der Waals surface area contributed by atoms with E-state index in [0.717, 1.165) is 21.9 Å². The van der Waals surface area contributed by atoms with Crippen LogP contribution in [0.2, 0.25) is 0 Å². The Morgan fingerprint density at radius 3 is 1.44 bits per heavy atom. The molecule has 10 nitrogen and oxygen atoms in total. The largest absolute Gasteiger partial charge is 0.450 e. The van der Waals surface area contributed by atoms with Gasteiger partial charge in [-0.25, -0.2) is 19.2 Å². The summed E-state index contributed by atoms with van der Waals surface area (Å²) >= 11 is 0. The molecule has 2 amide bonds. The zero-order chi connectivity index (χ0) is 26.2. The number of amides is 2. The number of rotatable bonds is 4. The lowest BCUT2D eigenvalue weighted by atomic mass is 10.1. The molecule has 0 saturated heterocycles. The predicted molar refractivity (Wildman–Crippen MR) is 136 cm³/mol. The van der Waals surface area contributed by atoms with E-state index < -0.39 is 23.4 Å². The summed E-state index contributed by atoms with van der Waals surface area (Å²) in [6.45, 7) is 7.71. The van der Waals surface area contributed by atoms with Gasteiger partial charge in [0.25, 0.3) is 0 Å². The molecule has 4 rings (SSSR count). The van der Waals surface area contributed by atoms with Crippen LogP contribution in [0.4, 0.5) is 21.0 Å². The molecule has 0 saturated carbocycles. The highest BCUT2D eigenvalue weighted by Gasteiger charge is 2.07. The molecule has 0 aliphatic heterocycles. The van der Waals surface area contributed by atoms with Crippen LogP contribution < -0.4 is 21.9 Å². The van der Waals surface area contributed by atoms with Gasteiger partial charge in [0.15, 0.2) is 0 Å². The number of carbonyl (C=O) groups excluding carboxylic acids is 2. The van der Waals surface area contributed by atoms with Crippen LogP contribution in [0, 0.1) is 13.8 Å². The van der Waals surface area contributed by atoms with Gasteiger partial charge in [0.1, 0.15) is 11.2 Å².